The van der Waals surface area contributed by atoms with Gasteiger partial charge in [-0.15, -0.1) is 0 Å². The van der Waals surface area contributed by atoms with E-state index in [1.807, 2.05) is 64.1 Å². The lowest BCUT2D eigenvalue weighted by molar-refractivity contribution is -0.130. The SMILES string of the molecule is Cc1ccc(C)c(NC(=O)CCC(=O)NNC(=O)CCCC(=O)NNC(=O)CCC(=O)Nc2cc(C)ccc2C)c1. The number of nitrogens with one attached hydrogen (secondary N) is 6. The second-order valence-electron chi connectivity index (χ2n) is 9.78. The summed E-state index contributed by atoms with van der Waals surface area (Å²) in [6.07, 6.45) is -0.282. The average molecular weight is 567 g/mol. The van der Waals surface area contributed by atoms with Gasteiger partial charge in [-0.05, 0) is 68.5 Å². The highest BCUT2D eigenvalue weighted by Crippen LogP contribution is 2.17. The summed E-state index contributed by atoms with van der Waals surface area (Å²) in [5.41, 5.74) is 14.1. The van der Waals surface area contributed by atoms with Gasteiger partial charge in [-0.25, -0.2) is 0 Å². The van der Waals surface area contributed by atoms with E-state index in [1.54, 1.807) is 0 Å². The Morgan fingerprint density at radius 1 is 0.463 bits per heavy atom. The van der Waals surface area contributed by atoms with Gasteiger partial charge in [0.1, 0.15) is 0 Å². The first-order valence-corrected chi connectivity index (χ1v) is 13.3. The highest BCUT2D eigenvalue weighted by atomic mass is 16.2. The third-order valence-corrected chi connectivity index (χ3v) is 5.98. The van der Waals surface area contributed by atoms with Crippen LogP contribution >= 0.6 is 0 Å². The monoisotopic (exact) mass is 566 g/mol. The van der Waals surface area contributed by atoms with Crippen molar-refractivity contribution in [3.05, 3.63) is 58.7 Å². The fourth-order valence-electron chi connectivity index (χ4n) is 3.56. The maximum atomic E-state index is 12.1. The van der Waals surface area contributed by atoms with Crippen molar-refractivity contribution in [3.8, 4) is 0 Å². The molecule has 0 aliphatic heterocycles. The van der Waals surface area contributed by atoms with Gasteiger partial charge in [0.15, 0.2) is 0 Å². The molecule has 0 unspecified atom stereocenters. The van der Waals surface area contributed by atoms with Crippen molar-refractivity contribution in [3.63, 3.8) is 0 Å². The van der Waals surface area contributed by atoms with E-state index >= 15 is 0 Å². The Balaban J connectivity index is 1.54. The molecule has 0 fully saturated rings. The summed E-state index contributed by atoms with van der Waals surface area (Å²) in [5, 5.41) is 5.53. The Labute approximate surface area is 239 Å². The number of hydrazine groups is 2. The molecule has 2 rings (SSSR count). The molecular weight excluding hydrogens is 528 g/mol. The van der Waals surface area contributed by atoms with Crippen molar-refractivity contribution in [2.24, 2.45) is 0 Å². The third kappa shape index (κ3) is 12.8. The Kier molecular flexibility index (Phi) is 13.0. The van der Waals surface area contributed by atoms with E-state index < -0.39 is 23.6 Å². The number of benzene rings is 2. The van der Waals surface area contributed by atoms with E-state index in [-0.39, 0.29) is 56.8 Å². The van der Waals surface area contributed by atoms with Gasteiger partial charge in [0.2, 0.25) is 35.4 Å². The average Bonchev–Trinajstić information content (AvgIpc) is 2.92. The van der Waals surface area contributed by atoms with E-state index in [0.29, 0.717) is 11.4 Å². The summed E-state index contributed by atoms with van der Waals surface area (Å²) < 4.78 is 0. The Hall–Kier alpha value is -4.74. The largest absolute Gasteiger partial charge is 0.326 e. The van der Waals surface area contributed by atoms with Crippen LogP contribution in [0.2, 0.25) is 0 Å². The van der Waals surface area contributed by atoms with Gasteiger partial charge in [0.25, 0.3) is 0 Å². The van der Waals surface area contributed by atoms with Crippen molar-refractivity contribution >= 4 is 46.8 Å². The predicted molar refractivity (Wildman–Crippen MR) is 154 cm³/mol. The lowest BCUT2D eigenvalue weighted by atomic mass is 10.1. The first-order chi connectivity index (χ1) is 19.4. The zero-order valence-electron chi connectivity index (χ0n) is 23.9. The standard InChI is InChI=1S/C29H38N6O6/c1-18-8-10-20(3)22(16-18)30-24(36)12-14-28(40)34-32-26(38)6-5-7-27(39)33-35-29(41)15-13-25(37)31-23-17-19(2)9-11-21(23)4/h8-11,16-17H,5-7,12-15H2,1-4H3,(H,30,36)(H,31,37)(H,32,38)(H,33,39)(H,34,40)(H,35,41). The van der Waals surface area contributed by atoms with Crippen LogP contribution in [0.15, 0.2) is 36.4 Å². The molecule has 0 aliphatic rings. The number of hydrogen-bond acceptors (Lipinski definition) is 6. The molecule has 0 radical (unpaired) electrons. The summed E-state index contributed by atoms with van der Waals surface area (Å²) in [4.78, 5) is 71.9. The molecular formula is C29H38N6O6. The summed E-state index contributed by atoms with van der Waals surface area (Å²) in [6.45, 7) is 7.56. The van der Waals surface area contributed by atoms with Crippen LogP contribution in [0.25, 0.3) is 0 Å². The molecule has 12 heteroatoms. The second kappa shape index (κ2) is 16.4. The fraction of sp³-hybridized carbons (Fsp3) is 0.379. The zero-order chi connectivity index (χ0) is 30.4. The van der Waals surface area contributed by atoms with Crippen LogP contribution in [0.5, 0.6) is 0 Å². The first kappa shape index (κ1) is 32.5. The molecule has 0 saturated carbocycles. The molecule has 0 atom stereocenters. The van der Waals surface area contributed by atoms with Crippen molar-refractivity contribution in [1.82, 2.24) is 21.7 Å². The second-order valence-corrected chi connectivity index (χ2v) is 9.78. The molecule has 6 amide bonds. The quantitative estimate of drug-likeness (QED) is 0.215. The topological polar surface area (TPSA) is 175 Å². The van der Waals surface area contributed by atoms with Crippen molar-refractivity contribution < 1.29 is 28.8 Å². The van der Waals surface area contributed by atoms with Crippen molar-refractivity contribution in [2.75, 3.05) is 10.6 Å². The Morgan fingerprint density at radius 2 is 0.780 bits per heavy atom. The van der Waals surface area contributed by atoms with Gasteiger partial charge in [-0.1, -0.05) is 24.3 Å². The van der Waals surface area contributed by atoms with E-state index in [0.717, 1.165) is 22.3 Å². The number of anilines is 2. The molecule has 0 heterocycles. The minimum absolute atomic E-state index is 0.0483. The minimum atomic E-state index is -0.530. The lowest BCUT2D eigenvalue weighted by Crippen LogP contribution is -2.42. The molecule has 6 N–H and O–H groups in total. The zero-order valence-corrected chi connectivity index (χ0v) is 23.9. The molecule has 12 nitrogen and oxygen atoms in total. The molecule has 0 saturated heterocycles. The number of amides is 6. The van der Waals surface area contributed by atoms with E-state index in [2.05, 4.69) is 32.3 Å². The molecule has 0 aromatic heterocycles. The van der Waals surface area contributed by atoms with Gasteiger partial charge in [-0.3, -0.25) is 50.5 Å². The number of carbonyl (C=O) groups is 6. The predicted octanol–water partition coefficient (Wildman–Crippen LogP) is 2.52. The lowest BCUT2D eigenvalue weighted by Gasteiger charge is -2.10. The number of aryl methyl sites for hydroxylation is 4. The van der Waals surface area contributed by atoms with Crippen LogP contribution < -0.4 is 32.3 Å². The fourth-order valence-corrected chi connectivity index (χ4v) is 3.56. The van der Waals surface area contributed by atoms with Crippen molar-refractivity contribution in [1.29, 1.82) is 0 Å². The molecule has 0 aliphatic carbocycles. The van der Waals surface area contributed by atoms with Crippen LogP contribution in [0.1, 0.15) is 67.2 Å². The molecule has 41 heavy (non-hydrogen) atoms. The minimum Gasteiger partial charge on any atom is -0.326 e. The van der Waals surface area contributed by atoms with E-state index in [9.17, 15) is 28.8 Å². The van der Waals surface area contributed by atoms with Crippen LogP contribution in [0.3, 0.4) is 0 Å². The molecule has 0 bridgehead atoms. The third-order valence-electron chi connectivity index (χ3n) is 5.98. The van der Waals surface area contributed by atoms with E-state index in [4.69, 9.17) is 0 Å². The van der Waals surface area contributed by atoms with Crippen LogP contribution in [0, 0.1) is 27.7 Å². The number of carbonyl (C=O) groups excluding carboxylic acids is 6. The Bertz CT molecular complexity index is 1200. The molecule has 2 aromatic rings. The summed E-state index contributed by atoms with van der Waals surface area (Å²) in [7, 11) is 0. The molecule has 0 spiro atoms. The van der Waals surface area contributed by atoms with Gasteiger partial charge in [0.05, 0.1) is 0 Å². The highest BCUT2D eigenvalue weighted by Gasteiger charge is 2.12. The summed E-state index contributed by atoms with van der Waals surface area (Å²) in [6, 6.07) is 11.3. The van der Waals surface area contributed by atoms with Gasteiger partial charge in [-0.2, -0.15) is 0 Å². The smallest absolute Gasteiger partial charge is 0.238 e. The maximum absolute atomic E-state index is 12.1. The summed E-state index contributed by atoms with van der Waals surface area (Å²) in [5.74, 6) is -2.72. The first-order valence-electron chi connectivity index (χ1n) is 13.3. The number of rotatable bonds is 12. The van der Waals surface area contributed by atoms with Crippen LogP contribution in [-0.4, -0.2) is 35.4 Å². The van der Waals surface area contributed by atoms with Crippen molar-refractivity contribution in [2.45, 2.75) is 72.6 Å². The van der Waals surface area contributed by atoms with Gasteiger partial charge >= 0.3 is 0 Å². The van der Waals surface area contributed by atoms with E-state index in [1.165, 1.54) is 0 Å². The van der Waals surface area contributed by atoms with Crippen LogP contribution in [0.4, 0.5) is 11.4 Å². The highest BCUT2D eigenvalue weighted by molar-refractivity contribution is 5.95. The summed E-state index contributed by atoms with van der Waals surface area (Å²) >= 11 is 0. The Morgan fingerprint density at radius 3 is 1.15 bits per heavy atom. The number of hydrogen-bond donors (Lipinski definition) is 6. The normalized spacial score (nSPS) is 10.2. The van der Waals surface area contributed by atoms with Gasteiger partial charge in [0, 0.05) is 49.9 Å². The molecule has 2 aromatic carbocycles. The van der Waals surface area contributed by atoms with Gasteiger partial charge < -0.3 is 10.6 Å². The maximum Gasteiger partial charge on any atom is 0.238 e. The molecule has 220 valence electrons. The van der Waals surface area contributed by atoms with Crippen LogP contribution in [-0.2, 0) is 28.8 Å².